The molecule has 0 saturated carbocycles. The van der Waals surface area contributed by atoms with Gasteiger partial charge in [-0.05, 0) is 53.8 Å². The molecule has 0 aromatic carbocycles. The highest BCUT2D eigenvalue weighted by atomic mass is 79.9. The summed E-state index contributed by atoms with van der Waals surface area (Å²) < 4.78 is 1.07. The fraction of sp³-hybridized carbons (Fsp3) is 0.500. The van der Waals surface area contributed by atoms with Crippen LogP contribution in [0.5, 0.6) is 0 Å². The minimum absolute atomic E-state index is 0.640. The van der Waals surface area contributed by atoms with Crippen LogP contribution in [0.3, 0.4) is 0 Å². The van der Waals surface area contributed by atoms with E-state index in [2.05, 4.69) is 15.9 Å². The third-order valence-electron chi connectivity index (χ3n) is 2.52. The lowest BCUT2D eigenvalue weighted by atomic mass is 10.0. The van der Waals surface area contributed by atoms with Crippen molar-refractivity contribution >= 4 is 33.2 Å². The van der Waals surface area contributed by atoms with E-state index in [1.165, 1.54) is 0 Å². The molecule has 0 fully saturated rings. The molecule has 1 N–H and O–H groups in total. The average molecular weight is 292 g/mol. The summed E-state index contributed by atoms with van der Waals surface area (Å²) in [5, 5.41) is 11.1. The Labute approximate surface area is 102 Å². The Balaban J connectivity index is 2.71. The van der Waals surface area contributed by atoms with Crippen LogP contribution in [0.25, 0.3) is 0 Å². The van der Waals surface area contributed by atoms with Gasteiger partial charge in [0, 0.05) is 6.54 Å². The van der Waals surface area contributed by atoms with Crippen LogP contribution in [0.1, 0.15) is 19.4 Å². The molecule has 1 aromatic rings. The van der Waals surface area contributed by atoms with E-state index in [4.69, 9.17) is 5.11 Å². The van der Waals surface area contributed by atoms with E-state index in [1.54, 1.807) is 25.2 Å². The molecule has 15 heavy (non-hydrogen) atoms. The van der Waals surface area contributed by atoms with Gasteiger partial charge < -0.3 is 5.11 Å². The van der Waals surface area contributed by atoms with E-state index >= 15 is 0 Å². The molecule has 0 amide bonds. The largest absolute Gasteiger partial charge is 0.480 e. The zero-order valence-corrected chi connectivity index (χ0v) is 11.4. The van der Waals surface area contributed by atoms with Crippen molar-refractivity contribution in [1.29, 1.82) is 0 Å². The van der Waals surface area contributed by atoms with Gasteiger partial charge in [0.25, 0.3) is 0 Å². The number of halogens is 1. The maximum atomic E-state index is 11.0. The lowest BCUT2D eigenvalue weighted by molar-refractivity contribution is -0.148. The van der Waals surface area contributed by atoms with Crippen molar-refractivity contribution in [3.05, 3.63) is 20.8 Å². The first kappa shape index (κ1) is 12.7. The number of carboxylic acids is 1. The summed E-state index contributed by atoms with van der Waals surface area (Å²) in [7, 11) is 1.82. The highest BCUT2D eigenvalue weighted by Crippen LogP contribution is 2.23. The van der Waals surface area contributed by atoms with Crippen LogP contribution in [0, 0.1) is 0 Å². The molecule has 0 spiro atoms. The SMILES string of the molecule is CN(Cc1csc(Br)c1)C(C)(C)C(=O)O. The predicted molar refractivity (Wildman–Crippen MR) is 65.2 cm³/mol. The number of likely N-dealkylation sites (N-methyl/N-ethyl adjacent to an activating group) is 1. The zero-order valence-electron chi connectivity index (χ0n) is 8.95. The summed E-state index contributed by atoms with van der Waals surface area (Å²) >= 11 is 4.99. The molecule has 0 radical (unpaired) electrons. The minimum Gasteiger partial charge on any atom is -0.480 e. The lowest BCUT2D eigenvalue weighted by Gasteiger charge is -2.31. The van der Waals surface area contributed by atoms with Crippen LogP contribution in [-0.4, -0.2) is 28.6 Å². The predicted octanol–water partition coefficient (Wildman–Crippen LogP) is 2.81. The van der Waals surface area contributed by atoms with Crippen LogP contribution in [-0.2, 0) is 11.3 Å². The van der Waals surface area contributed by atoms with E-state index in [0.717, 1.165) is 9.35 Å². The summed E-state index contributed by atoms with van der Waals surface area (Å²) in [5.41, 5.74) is 0.290. The second kappa shape index (κ2) is 4.63. The number of nitrogens with zero attached hydrogens (tertiary/aromatic N) is 1. The lowest BCUT2D eigenvalue weighted by Crippen LogP contribution is -2.47. The summed E-state index contributed by atoms with van der Waals surface area (Å²) in [4.78, 5) is 12.8. The number of carbonyl (C=O) groups is 1. The van der Waals surface area contributed by atoms with Gasteiger partial charge >= 0.3 is 5.97 Å². The number of hydrogen-bond acceptors (Lipinski definition) is 3. The molecule has 0 saturated heterocycles. The maximum Gasteiger partial charge on any atom is 0.323 e. The van der Waals surface area contributed by atoms with Gasteiger partial charge in [-0.3, -0.25) is 9.69 Å². The monoisotopic (exact) mass is 291 g/mol. The fourth-order valence-electron chi connectivity index (χ4n) is 1.06. The molecular weight excluding hydrogens is 278 g/mol. The Morgan fingerprint density at radius 1 is 1.67 bits per heavy atom. The van der Waals surface area contributed by atoms with Crippen molar-refractivity contribution in [3.63, 3.8) is 0 Å². The van der Waals surface area contributed by atoms with Crippen molar-refractivity contribution in [3.8, 4) is 0 Å². The van der Waals surface area contributed by atoms with E-state index in [1.807, 2.05) is 23.4 Å². The van der Waals surface area contributed by atoms with Crippen molar-refractivity contribution in [2.75, 3.05) is 7.05 Å². The van der Waals surface area contributed by atoms with E-state index in [0.29, 0.717) is 6.54 Å². The topological polar surface area (TPSA) is 40.5 Å². The highest BCUT2D eigenvalue weighted by molar-refractivity contribution is 9.11. The number of hydrogen-bond donors (Lipinski definition) is 1. The average Bonchev–Trinajstić information content (AvgIpc) is 2.50. The summed E-state index contributed by atoms with van der Waals surface area (Å²) in [6.07, 6.45) is 0. The van der Waals surface area contributed by atoms with Crippen LogP contribution in [0.15, 0.2) is 15.2 Å². The summed E-state index contributed by atoms with van der Waals surface area (Å²) in [5.74, 6) is -0.806. The molecule has 0 unspecified atom stereocenters. The number of thiophene rings is 1. The highest BCUT2D eigenvalue weighted by Gasteiger charge is 2.31. The molecule has 0 aliphatic carbocycles. The molecule has 3 nitrogen and oxygen atoms in total. The number of aliphatic carboxylic acids is 1. The Kier molecular flexibility index (Phi) is 3.92. The molecule has 0 aliphatic heterocycles. The molecule has 5 heteroatoms. The van der Waals surface area contributed by atoms with Gasteiger partial charge in [0.15, 0.2) is 0 Å². The molecule has 0 atom stereocenters. The Morgan fingerprint density at radius 3 is 2.67 bits per heavy atom. The third kappa shape index (κ3) is 3.03. The smallest absolute Gasteiger partial charge is 0.323 e. The second-order valence-electron chi connectivity index (χ2n) is 3.98. The maximum absolute atomic E-state index is 11.0. The van der Waals surface area contributed by atoms with Gasteiger partial charge in [-0.1, -0.05) is 0 Å². The third-order valence-corrected chi connectivity index (χ3v) is 4.07. The Morgan fingerprint density at radius 2 is 2.27 bits per heavy atom. The standard InChI is InChI=1S/C10H14BrNO2S/c1-10(2,9(13)14)12(3)5-7-4-8(11)15-6-7/h4,6H,5H2,1-3H3,(H,13,14). The van der Waals surface area contributed by atoms with Gasteiger partial charge in [-0.2, -0.15) is 0 Å². The van der Waals surface area contributed by atoms with E-state index in [9.17, 15) is 4.79 Å². The van der Waals surface area contributed by atoms with Crippen LogP contribution >= 0.6 is 27.3 Å². The van der Waals surface area contributed by atoms with Crippen molar-refractivity contribution in [2.45, 2.75) is 25.9 Å². The first-order valence-electron chi connectivity index (χ1n) is 4.51. The molecule has 1 aromatic heterocycles. The van der Waals surface area contributed by atoms with Gasteiger partial charge in [0.05, 0.1) is 3.79 Å². The second-order valence-corrected chi connectivity index (χ2v) is 6.27. The number of rotatable bonds is 4. The minimum atomic E-state index is -0.839. The van der Waals surface area contributed by atoms with Crippen LogP contribution < -0.4 is 0 Å². The zero-order chi connectivity index (χ0) is 11.6. The van der Waals surface area contributed by atoms with Gasteiger partial charge in [-0.25, -0.2) is 0 Å². The first-order chi connectivity index (χ1) is 6.84. The van der Waals surface area contributed by atoms with Crippen molar-refractivity contribution in [1.82, 2.24) is 4.90 Å². The molecule has 1 heterocycles. The molecular formula is C10H14BrNO2S. The van der Waals surface area contributed by atoms with Gasteiger partial charge in [0.2, 0.25) is 0 Å². The van der Waals surface area contributed by atoms with Crippen LogP contribution in [0.4, 0.5) is 0 Å². The molecule has 0 bridgehead atoms. The summed E-state index contributed by atoms with van der Waals surface area (Å²) in [6.45, 7) is 4.05. The van der Waals surface area contributed by atoms with Crippen molar-refractivity contribution in [2.24, 2.45) is 0 Å². The van der Waals surface area contributed by atoms with E-state index in [-0.39, 0.29) is 0 Å². The van der Waals surface area contributed by atoms with Crippen molar-refractivity contribution < 1.29 is 9.90 Å². The summed E-state index contributed by atoms with van der Waals surface area (Å²) in [6, 6.07) is 2.01. The Bertz CT molecular complexity index is 362. The molecule has 1 rings (SSSR count). The van der Waals surface area contributed by atoms with Crippen LogP contribution in [0.2, 0.25) is 0 Å². The fourth-order valence-corrected chi connectivity index (χ4v) is 2.26. The van der Waals surface area contributed by atoms with Gasteiger partial charge in [0.1, 0.15) is 5.54 Å². The Hall–Kier alpha value is -0.390. The quantitative estimate of drug-likeness (QED) is 0.927. The first-order valence-corrected chi connectivity index (χ1v) is 6.19. The molecule has 0 aliphatic rings. The van der Waals surface area contributed by atoms with E-state index < -0.39 is 11.5 Å². The van der Waals surface area contributed by atoms with Gasteiger partial charge in [-0.15, -0.1) is 11.3 Å². The molecule has 84 valence electrons. The number of carboxylic acid groups (broad SMARTS) is 1. The normalized spacial score (nSPS) is 12.1.